The molecule has 0 atom stereocenters. The van der Waals surface area contributed by atoms with Crippen LogP contribution in [-0.2, 0) is 6.42 Å². The van der Waals surface area contributed by atoms with Crippen LogP contribution in [0.1, 0.15) is 29.4 Å². The lowest BCUT2D eigenvalue weighted by molar-refractivity contribution is 0.0695. The molecule has 0 bridgehead atoms. The molecule has 1 aromatic heterocycles. The van der Waals surface area contributed by atoms with Gasteiger partial charge in [-0.1, -0.05) is 13.3 Å². The van der Waals surface area contributed by atoms with Crippen molar-refractivity contribution in [2.45, 2.75) is 19.8 Å². The van der Waals surface area contributed by atoms with Crippen molar-refractivity contribution >= 4 is 5.97 Å². The molecule has 0 amide bonds. The fraction of sp³-hybridized carbons (Fsp3) is 0.231. The minimum atomic E-state index is -1.23. The molecule has 1 aromatic carbocycles. The van der Waals surface area contributed by atoms with Gasteiger partial charge in [-0.15, -0.1) is 0 Å². The molecular weight excluding hydrogens is 273 g/mol. The summed E-state index contributed by atoms with van der Waals surface area (Å²) in [5.41, 5.74) is -0.540. The zero-order valence-corrected chi connectivity index (χ0v) is 10.5. The van der Waals surface area contributed by atoms with Crippen LogP contribution in [0.5, 0.6) is 0 Å². The van der Waals surface area contributed by atoms with E-state index in [-0.39, 0.29) is 17.7 Å². The second kappa shape index (κ2) is 5.36. The van der Waals surface area contributed by atoms with Crippen LogP contribution < -0.4 is 0 Å². The van der Waals surface area contributed by atoms with Gasteiger partial charge in [0.1, 0.15) is 17.1 Å². The van der Waals surface area contributed by atoms with Gasteiger partial charge in [0.2, 0.25) is 0 Å². The molecule has 1 heterocycles. The number of aromatic nitrogens is 2. The molecule has 4 nitrogen and oxygen atoms in total. The van der Waals surface area contributed by atoms with E-state index in [1.807, 2.05) is 0 Å². The smallest absolute Gasteiger partial charge is 0.339 e. The number of carboxylic acid groups (broad SMARTS) is 1. The number of benzene rings is 1. The highest BCUT2D eigenvalue weighted by atomic mass is 19.1. The number of carbonyl (C=O) groups is 1. The third-order valence-corrected chi connectivity index (χ3v) is 2.78. The van der Waals surface area contributed by atoms with E-state index in [4.69, 9.17) is 5.11 Å². The maximum atomic E-state index is 13.7. The van der Waals surface area contributed by atoms with E-state index in [1.165, 1.54) is 0 Å². The van der Waals surface area contributed by atoms with Crippen LogP contribution in [0.25, 0.3) is 5.69 Å². The molecule has 2 rings (SSSR count). The molecular formula is C13H11F3N2O2. The quantitative estimate of drug-likeness (QED) is 0.939. The zero-order chi connectivity index (χ0) is 14.9. The lowest BCUT2D eigenvalue weighted by Gasteiger charge is -2.10. The van der Waals surface area contributed by atoms with Crippen LogP contribution in [0.4, 0.5) is 13.2 Å². The molecule has 106 valence electrons. The monoisotopic (exact) mass is 284 g/mol. The highest BCUT2D eigenvalue weighted by molar-refractivity contribution is 5.88. The van der Waals surface area contributed by atoms with Crippen molar-refractivity contribution in [2.24, 2.45) is 0 Å². The van der Waals surface area contributed by atoms with Crippen LogP contribution in [0.3, 0.4) is 0 Å². The summed E-state index contributed by atoms with van der Waals surface area (Å²) in [6.07, 6.45) is 1.86. The molecule has 0 aliphatic carbocycles. The van der Waals surface area contributed by atoms with Crippen molar-refractivity contribution in [2.75, 3.05) is 0 Å². The first kappa shape index (κ1) is 14.1. The van der Waals surface area contributed by atoms with Gasteiger partial charge in [-0.05, 0) is 6.42 Å². The highest BCUT2D eigenvalue weighted by Gasteiger charge is 2.22. The predicted molar refractivity (Wildman–Crippen MR) is 64.4 cm³/mol. The molecule has 2 aromatic rings. The van der Waals surface area contributed by atoms with E-state index in [2.05, 4.69) is 5.10 Å². The lowest BCUT2D eigenvalue weighted by Crippen LogP contribution is -2.10. The number of aromatic carboxylic acids is 1. The van der Waals surface area contributed by atoms with Crippen molar-refractivity contribution in [3.05, 3.63) is 47.0 Å². The average Bonchev–Trinajstić information content (AvgIpc) is 2.72. The van der Waals surface area contributed by atoms with Crippen LogP contribution in [0, 0.1) is 17.5 Å². The summed E-state index contributed by atoms with van der Waals surface area (Å²) in [7, 11) is 0. The Morgan fingerprint density at radius 3 is 2.40 bits per heavy atom. The molecule has 20 heavy (non-hydrogen) atoms. The zero-order valence-electron chi connectivity index (χ0n) is 10.5. The van der Waals surface area contributed by atoms with Crippen molar-refractivity contribution in [3.8, 4) is 5.69 Å². The molecule has 0 radical (unpaired) electrons. The van der Waals surface area contributed by atoms with Gasteiger partial charge in [0.25, 0.3) is 0 Å². The van der Waals surface area contributed by atoms with Crippen molar-refractivity contribution in [1.82, 2.24) is 9.78 Å². The van der Waals surface area contributed by atoms with Gasteiger partial charge in [0.15, 0.2) is 11.6 Å². The normalized spacial score (nSPS) is 10.8. The van der Waals surface area contributed by atoms with Gasteiger partial charge < -0.3 is 5.11 Å². The first-order valence-corrected chi connectivity index (χ1v) is 5.90. The van der Waals surface area contributed by atoms with Gasteiger partial charge >= 0.3 is 5.97 Å². The van der Waals surface area contributed by atoms with Gasteiger partial charge in [-0.2, -0.15) is 5.10 Å². The molecule has 0 aliphatic heterocycles. The minimum absolute atomic E-state index is 0.130. The fourth-order valence-corrected chi connectivity index (χ4v) is 1.96. The van der Waals surface area contributed by atoms with E-state index in [1.54, 1.807) is 6.92 Å². The standard InChI is InChI=1S/C13H11F3N2O2/c1-2-3-11-8(13(19)20)6-17-18(11)12-9(15)4-7(14)5-10(12)16/h4-6H,2-3H2,1H3,(H,19,20). The molecule has 0 saturated heterocycles. The summed E-state index contributed by atoms with van der Waals surface area (Å²) < 4.78 is 41.3. The van der Waals surface area contributed by atoms with E-state index in [0.29, 0.717) is 18.6 Å². The SMILES string of the molecule is CCCc1c(C(=O)O)cnn1-c1c(F)cc(F)cc1F. The lowest BCUT2D eigenvalue weighted by atomic mass is 10.1. The Hall–Kier alpha value is -2.31. The average molecular weight is 284 g/mol. The molecule has 0 spiro atoms. The second-order valence-electron chi connectivity index (χ2n) is 4.19. The molecule has 7 heteroatoms. The highest BCUT2D eigenvalue weighted by Crippen LogP contribution is 2.23. The van der Waals surface area contributed by atoms with Crippen molar-refractivity contribution < 1.29 is 23.1 Å². The number of halogens is 3. The third-order valence-electron chi connectivity index (χ3n) is 2.78. The Morgan fingerprint density at radius 2 is 1.90 bits per heavy atom. The van der Waals surface area contributed by atoms with E-state index >= 15 is 0 Å². The van der Waals surface area contributed by atoms with Crippen molar-refractivity contribution in [1.29, 1.82) is 0 Å². The Kier molecular flexibility index (Phi) is 3.78. The first-order valence-electron chi connectivity index (χ1n) is 5.90. The number of nitrogens with zero attached hydrogens (tertiary/aromatic N) is 2. The van der Waals surface area contributed by atoms with Crippen LogP contribution >= 0.6 is 0 Å². The summed E-state index contributed by atoms with van der Waals surface area (Å²) >= 11 is 0. The molecule has 0 saturated carbocycles. The Balaban J connectivity index is 2.67. The first-order chi connectivity index (χ1) is 9.45. The van der Waals surface area contributed by atoms with Crippen LogP contribution in [-0.4, -0.2) is 20.9 Å². The maximum Gasteiger partial charge on any atom is 0.339 e. The predicted octanol–water partition coefficient (Wildman–Crippen LogP) is 2.94. The summed E-state index contributed by atoms with van der Waals surface area (Å²) in [6.45, 7) is 1.79. The van der Waals surface area contributed by atoms with Crippen LogP contribution in [0.15, 0.2) is 18.3 Å². The molecule has 1 N–H and O–H groups in total. The number of carboxylic acids is 1. The Morgan fingerprint density at radius 1 is 1.30 bits per heavy atom. The third kappa shape index (κ3) is 2.38. The number of hydrogen-bond acceptors (Lipinski definition) is 2. The fourth-order valence-electron chi connectivity index (χ4n) is 1.96. The van der Waals surface area contributed by atoms with Gasteiger partial charge in [-0.25, -0.2) is 22.6 Å². The topological polar surface area (TPSA) is 55.1 Å². The van der Waals surface area contributed by atoms with E-state index in [9.17, 15) is 18.0 Å². The Bertz CT molecular complexity index is 645. The van der Waals surface area contributed by atoms with Crippen molar-refractivity contribution in [3.63, 3.8) is 0 Å². The number of hydrogen-bond donors (Lipinski definition) is 1. The second-order valence-corrected chi connectivity index (χ2v) is 4.19. The minimum Gasteiger partial charge on any atom is -0.478 e. The van der Waals surface area contributed by atoms with E-state index < -0.39 is 29.1 Å². The molecule has 0 aliphatic rings. The van der Waals surface area contributed by atoms with Gasteiger partial charge in [0.05, 0.1) is 11.9 Å². The largest absolute Gasteiger partial charge is 0.478 e. The maximum absolute atomic E-state index is 13.7. The summed E-state index contributed by atoms with van der Waals surface area (Å²) in [4.78, 5) is 11.1. The number of rotatable bonds is 4. The van der Waals surface area contributed by atoms with E-state index in [0.717, 1.165) is 10.9 Å². The molecule has 0 unspecified atom stereocenters. The molecule has 0 fully saturated rings. The van der Waals surface area contributed by atoms with Gasteiger partial charge in [-0.3, -0.25) is 0 Å². The summed E-state index contributed by atoms with van der Waals surface area (Å²) in [5, 5.41) is 12.7. The summed E-state index contributed by atoms with van der Waals surface area (Å²) in [5.74, 6) is -4.56. The van der Waals surface area contributed by atoms with Crippen LogP contribution in [0.2, 0.25) is 0 Å². The Labute approximate surface area is 112 Å². The summed E-state index contributed by atoms with van der Waals surface area (Å²) in [6, 6.07) is 1.05. The van der Waals surface area contributed by atoms with Gasteiger partial charge in [0, 0.05) is 12.1 Å².